The molecule has 0 saturated heterocycles. The predicted octanol–water partition coefficient (Wildman–Crippen LogP) is 2.38. The summed E-state index contributed by atoms with van der Waals surface area (Å²) in [7, 11) is 0. The highest BCUT2D eigenvalue weighted by Crippen LogP contribution is 2.13. The molecule has 0 bridgehead atoms. The van der Waals surface area contributed by atoms with Crippen molar-refractivity contribution in [3.63, 3.8) is 0 Å². The zero-order chi connectivity index (χ0) is 16.7. The lowest BCUT2D eigenvalue weighted by atomic mass is 10.0. The van der Waals surface area contributed by atoms with Gasteiger partial charge in [0.05, 0.1) is 0 Å². The number of nitriles is 1. The second-order valence-corrected chi connectivity index (χ2v) is 5.29. The number of carboxylic acid groups (broad SMARTS) is 1. The summed E-state index contributed by atoms with van der Waals surface area (Å²) in [6, 6.07) is 7.35. The predicted molar refractivity (Wildman–Crippen MR) is 83.2 cm³/mol. The van der Waals surface area contributed by atoms with Crippen LogP contribution in [-0.4, -0.2) is 23.0 Å². The Kier molecular flexibility index (Phi) is 6.42. The molecule has 0 saturated carbocycles. The zero-order valence-corrected chi connectivity index (χ0v) is 12.9. The average molecular weight is 322 g/mol. The molecule has 0 spiro atoms. The van der Waals surface area contributed by atoms with Crippen molar-refractivity contribution in [1.82, 2.24) is 5.32 Å². The van der Waals surface area contributed by atoms with Gasteiger partial charge in [-0.15, -0.1) is 0 Å². The van der Waals surface area contributed by atoms with Gasteiger partial charge in [-0.3, -0.25) is 4.79 Å². The third-order valence-corrected chi connectivity index (χ3v) is 3.06. The van der Waals surface area contributed by atoms with E-state index in [1.54, 1.807) is 44.2 Å². The number of carboxylic acids is 1. The Morgan fingerprint density at radius 1 is 1.32 bits per heavy atom. The monoisotopic (exact) mass is 321 g/mol. The Hall–Kier alpha value is -2.52. The molecule has 0 fully saturated rings. The maximum Gasteiger partial charge on any atom is 0.326 e. The molecule has 0 aliphatic rings. The Morgan fingerprint density at radius 3 is 2.36 bits per heavy atom. The SMILES string of the molecule is CC(C)C(NC(=O)/C(C#N)=C\Nc1ccc(Cl)cc1)C(=O)O. The molecule has 1 atom stereocenters. The van der Waals surface area contributed by atoms with Crippen LogP contribution in [0.1, 0.15) is 13.8 Å². The molecular weight excluding hydrogens is 306 g/mol. The molecule has 1 aromatic carbocycles. The summed E-state index contributed by atoms with van der Waals surface area (Å²) in [5, 5.41) is 23.7. The van der Waals surface area contributed by atoms with Crippen LogP contribution < -0.4 is 10.6 Å². The summed E-state index contributed by atoms with van der Waals surface area (Å²) in [5.41, 5.74) is 0.422. The summed E-state index contributed by atoms with van der Waals surface area (Å²) in [4.78, 5) is 23.0. The van der Waals surface area contributed by atoms with Crippen LogP contribution in [0.3, 0.4) is 0 Å². The molecule has 116 valence electrons. The fraction of sp³-hybridized carbons (Fsp3) is 0.267. The molecule has 0 radical (unpaired) electrons. The molecule has 22 heavy (non-hydrogen) atoms. The Balaban J connectivity index is 2.80. The van der Waals surface area contributed by atoms with Crippen LogP contribution in [0.2, 0.25) is 5.02 Å². The summed E-state index contributed by atoms with van der Waals surface area (Å²) in [6.07, 6.45) is 1.22. The minimum absolute atomic E-state index is 0.221. The molecule has 6 nitrogen and oxygen atoms in total. The average Bonchev–Trinajstić information content (AvgIpc) is 2.46. The van der Waals surface area contributed by atoms with Gasteiger partial charge < -0.3 is 15.7 Å². The highest BCUT2D eigenvalue weighted by atomic mass is 35.5. The Morgan fingerprint density at radius 2 is 1.91 bits per heavy atom. The van der Waals surface area contributed by atoms with Crippen LogP contribution in [0.15, 0.2) is 36.0 Å². The van der Waals surface area contributed by atoms with Crippen molar-refractivity contribution in [1.29, 1.82) is 5.26 Å². The number of nitrogens with zero attached hydrogens (tertiary/aromatic N) is 1. The smallest absolute Gasteiger partial charge is 0.326 e. The minimum atomic E-state index is -1.15. The number of nitrogens with one attached hydrogen (secondary N) is 2. The van der Waals surface area contributed by atoms with Crippen molar-refractivity contribution in [3.05, 3.63) is 41.1 Å². The van der Waals surface area contributed by atoms with E-state index >= 15 is 0 Å². The van der Waals surface area contributed by atoms with E-state index in [-0.39, 0.29) is 11.5 Å². The van der Waals surface area contributed by atoms with Crippen LogP contribution in [-0.2, 0) is 9.59 Å². The van der Waals surface area contributed by atoms with Gasteiger partial charge in [0.25, 0.3) is 5.91 Å². The number of halogens is 1. The molecular formula is C15H16ClN3O3. The van der Waals surface area contributed by atoms with Crippen molar-refractivity contribution >= 4 is 29.2 Å². The van der Waals surface area contributed by atoms with Gasteiger partial charge in [0, 0.05) is 16.9 Å². The second kappa shape index (κ2) is 8.05. The van der Waals surface area contributed by atoms with Crippen molar-refractivity contribution in [2.75, 3.05) is 5.32 Å². The van der Waals surface area contributed by atoms with Gasteiger partial charge in [0.15, 0.2) is 0 Å². The van der Waals surface area contributed by atoms with E-state index in [2.05, 4.69) is 10.6 Å². The van der Waals surface area contributed by atoms with E-state index in [1.807, 2.05) is 0 Å². The second-order valence-electron chi connectivity index (χ2n) is 4.85. The summed E-state index contributed by atoms with van der Waals surface area (Å²) in [6.45, 7) is 3.33. The van der Waals surface area contributed by atoms with Crippen LogP contribution in [0.4, 0.5) is 5.69 Å². The van der Waals surface area contributed by atoms with Gasteiger partial charge >= 0.3 is 5.97 Å². The van der Waals surface area contributed by atoms with E-state index in [0.29, 0.717) is 10.7 Å². The quantitative estimate of drug-likeness (QED) is 0.551. The first-order chi connectivity index (χ1) is 10.3. The zero-order valence-electron chi connectivity index (χ0n) is 12.1. The first kappa shape index (κ1) is 17.5. The summed E-state index contributed by atoms with van der Waals surface area (Å²) < 4.78 is 0. The van der Waals surface area contributed by atoms with Crippen molar-refractivity contribution in [3.8, 4) is 6.07 Å². The first-order valence-electron chi connectivity index (χ1n) is 6.51. The maximum atomic E-state index is 11.9. The number of hydrogen-bond donors (Lipinski definition) is 3. The topological polar surface area (TPSA) is 102 Å². The van der Waals surface area contributed by atoms with Gasteiger partial charge in [-0.05, 0) is 30.2 Å². The lowest BCUT2D eigenvalue weighted by Crippen LogP contribution is -2.44. The Bertz CT molecular complexity index is 618. The third-order valence-electron chi connectivity index (χ3n) is 2.81. The number of hydrogen-bond acceptors (Lipinski definition) is 4. The molecule has 1 amide bonds. The highest BCUT2D eigenvalue weighted by Gasteiger charge is 2.24. The number of benzene rings is 1. The van der Waals surface area contributed by atoms with Crippen molar-refractivity contribution < 1.29 is 14.7 Å². The van der Waals surface area contributed by atoms with E-state index in [0.717, 1.165) is 0 Å². The summed E-state index contributed by atoms with van der Waals surface area (Å²) in [5.74, 6) is -2.19. The molecule has 0 aliphatic heterocycles. The largest absolute Gasteiger partial charge is 0.480 e. The standard InChI is InChI=1S/C15H16ClN3O3/c1-9(2)13(15(21)22)19-14(20)10(7-17)8-18-12-5-3-11(16)4-6-12/h3-6,8-9,13,18H,1-2H3,(H,19,20)(H,21,22)/b10-8-. The van der Waals surface area contributed by atoms with Crippen LogP contribution in [0.5, 0.6) is 0 Å². The van der Waals surface area contributed by atoms with E-state index < -0.39 is 17.9 Å². The van der Waals surface area contributed by atoms with Crippen LogP contribution in [0.25, 0.3) is 0 Å². The van der Waals surface area contributed by atoms with Gasteiger partial charge in [-0.1, -0.05) is 25.4 Å². The van der Waals surface area contributed by atoms with Crippen molar-refractivity contribution in [2.24, 2.45) is 5.92 Å². The molecule has 0 aromatic heterocycles. The van der Waals surface area contributed by atoms with Gasteiger partial charge in [-0.2, -0.15) is 5.26 Å². The normalized spacial score (nSPS) is 12.4. The number of amides is 1. The molecule has 1 aromatic rings. The number of anilines is 1. The van der Waals surface area contributed by atoms with E-state index in [9.17, 15) is 9.59 Å². The minimum Gasteiger partial charge on any atom is -0.480 e. The number of aliphatic carboxylic acids is 1. The molecule has 0 aliphatic carbocycles. The Labute approximate surface area is 133 Å². The number of carbonyl (C=O) groups is 2. The molecule has 0 heterocycles. The van der Waals surface area contributed by atoms with E-state index in [1.165, 1.54) is 6.20 Å². The lowest BCUT2D eigenvalue weighted by molar-refractivity contribution is -0.142. The third kappa shape index (κ3) is 5.11. The maximum absolute atomic E-state index is 11.9. The molecule has 1 rings (SSSR count). The van der Waals surface area contributed by atoms with Crippen molar-refractivity contribution in [2.45, 2.75) is 19.9 Å². The van der Waals surface area contributed by atoms with Crippen LogP contribution in [0, 0.1) is 17.2 Å². The van der Waals surface area contributed by atoms with Gasteiger partial charge in [-0.25, -0.2) is 4.79 Å². The molecule has 1 unspecified atom stereocenters. The summed E-state index contributed by atoms with van der Waals surface area (Å²) >= 11 is 5.75. The number of rotatable bonds is 6. The lowest BCUT2D eigenvalue weighted by Gasteiger charge is -2.17. The van der Waals surface area contributed by atoms with Gasteiger partial charge in [0.2, 0.25) is 0 Å². The van der Waals surface area contributed by atoms with E-state index in [4.69, 9.17) is 22.0 Å². The van der Waals surface area contributed by atoms with Gasteiger partial charge in [0.1, 0.15) is 17.7 Å². The number of carbonyl (C=O) groups excluding carboxylic acids is 1. The molecule has 3 N–H and O–H groups in total. The first-order valence-corrected chi connectivity index (χ1v) is 6.89. The molecule has 7 heteroatoms. The van der Waals surface area contributed by atoms with Crippen LogP contribution >= 0.6 is 11.6 Å². The fourth-order valence-electron chi connectivity index (χ4n) is 1.58. The highest BCUT2D eigenvalue weighted by molar-refractivity contribution is 6.30. The fourth-order valence-corrected chi connectivity index (χ4v) is 1.71.